The average Bonchev–Trinajstić information content (AvgIpc) is 2.25. The number of aliphatic hydroxyl groups is 1. The van der Waals surface area contributed by atoms with Crippen molar-refractivity contribution in [1.82, 2.24) is 4.90 Å². The number of hydrogen-bond acceptors (Lipinski definition) is 2. The zero-order chi connectivity index (χ0) is 13.1. The van der Waals surface area contributed by atoms with E-state index in [1.165, 1.54) is 30.9 Å². The second-order valence-corrected chi connectivity index (χ2v) is 4.66. The highest BCUT2D eigenvalue weighted by molar-refractivity contribution is 5.83. The minimum Gasteiger partial charge on any atom is -0.381 e. The molecule has 0 aliphatic heterocycles. The fraction of sp³-hybridized carbons (Fsp3) is 0.462. The monoisotopic (exact) mass is 239 g/mol. The Balaban J connectivity index is 2.51. The maximum Gasteiger partial charge on any atom is 0.253 e. The van der Waals surface area contributed by atoms with Gasteiger partial charge in [0.1, 0.15) is 11.4 Å². The molecule has 0 aliphatic carbocycles. The van der Waals surface area contributed by atoms with Crippen LogP contribution < -0.4 is 0 Å². The summed E-state index contributed by atoms with van der Waals surface area (Å²) in [6, 6.07) is 6.18. The van der Waals surface area contributed by atoms with Gasteiger partial charge in [0.05, 0.1) is 0 Å². The van der Waals surface area contributed by atoms with E-state index in [-0.39, 0.29) is 11.7 Å². The third kappa shape index (κ3) is 4.15. The van der Waals surface area contributed by atoms with Gasteiger partial charge in [0, 0.05) is 13.6 Å². The normalized spacial score (nSPS) is 11.4. The van der Waals surface area contributed by atoms with Crippen LogP contribution in [0.5, 0.6) is 0 Å². The van der Waals surface area contributed by atoms with Crippen molar-refractivity contribution in [2.75, 3.05) is 13.6 Å². The van der Waals surface area contributed by atoms with Crippen molar-refractivity contribution in [3.8, 4) is 0 Å². The molecule has 0 bridgehead atoms. The van der Waals surface area contributed by atoms with Gasteiger partial charge in [0.2, 0.25) is 0 Å². The lowest BCUT2D eigenvalue weighted by molar-refractivity contribution is -0.146. The van der Waals surface area contributed by atoms with Gasteiger partial charge in [-0.15, -0.1) is 0 Å². The first kappa shape index (κ1) is 13.6. The largest absolute Gasteiger partial charge is 0.381 e. The molecule has 1 aromatic rings. The van der Waals surface area contributed by atoms with E-state index in [1.54, 1.807) is 19.2 Å². The van der Waals surface area contributed by atoms with Crippen LogP contribution in [0.15, 0.2) is 24.3 Å². The zero-order valence-electron chi connectivity index (χ0n) is 10.4. The summed E-state index contributed by atoms with van der Waals surface area (Å²) in [4.78, 5) is 13.1. The van der Waals surface area contributed by atoms with Gasteiger partial charge in [0.25, 0.3) is 5.91 Å². The van der Waals surface area contributed by atoms with E-state index in [0.717, 1.165) is 5.56 Å². The molecule has 0 heterocycles. The molecule has 1 aromatic carbocycles. The molecule has 17 heavy (non-hydrogen) atoms. The molecule has 0 spiro atoms. The lowest BCUT2D eigenvalue weighted by Crippen LogP contribution is -2.43. The number of benzene rings is 1. The molecule has 0 radical (unpaired) electrons. The van der Waals surface area contributed by atoms with Crippen LogP contribution in [0.3, 0.4) is 0 Å². The standard InChI is InChI=1S/C13H18FNO2/c1-13(2,17)12(16)15(3)9-8-10-4-6-11(14)7-5-10/h4-7,17H,8-9H2,1-3H3. The van der Waals surface area contributed by atoms with Crippen molar-refractivity contribution < 1.29 is 14.3 Å². The quantitative estimate of drug-likeness (QED) is 0.867. The summed E-state index contributed by atoms with van der Waals surface area (Å²) in [6.45, 7) is 3.42. The molecule has 1 N–H and O–H groups in total. The first-order chi connectivity index (χ1) is 7.80. The van der Waals surface area contributed by atoms with Crippen molar-refractivity contribution in [2.24, 2.45) is 0 Å². The van der Waals surface area contributed by atoms with Crippen LogP contribution in [0.2, 0.25) is 0 Å². The van der Waals surface area contributed by atoms with E-state index < -0.39 is 5.60 Å². The predicted molar refractivity (Wildman–Crippen MR) is 64.0 cm³/mol. The Morgan fingerprint density at radius 3 is 2.35 bits per heavy atom. The number of likely N-dealkylation sites (N-methyl/N-ethyl adjacent to an activating group) is 1. The molecule has 0 saturated carbocycles. The number of rotatable bonds is 4. The van der Waals surface area contributed by atoms with Gasteiger partial charge in [-0.2, -0.15) is 0 Å². The average molecular weight is 239 g/mol. The number of amides is 1. The third-order valence-electron chi connectivity index (χ3n) is 2.52. The Bertz CT molecular complexity index is 381. The van der Waals surface area contributed by atoms with Crippen molar-refractivity contribution in [1.29, 1.82) is 0 Å². The predicted octanol–water partition coefficient (Wildman–Crippen LogP) is 1.60. The van der Waals surface area contributed by atoms with Gasteiger partial charge in [-0.1, -0.05) is 12.1 Å². The highest BCUT2D eigenvalue weighted by Gasteiger charge is 2.26. The maximum absolute atomic E-state index is 12.7. The summed E-state index contributed by atoms with van der Waals surface area (Å²) in [5, 5.41) is 9.55. The minimum atomic E-state index is -1.35. The van der Waals surface area contributed by atoms with Crippen LogP contribution in [0.1, 0.15) is 19.4 Å². The lowest BCUT2D eigenvalue weighted by Gasteiger charge is -2.24. The molecule has 4 heteroatoms. The molecule has 0 atom stereocenters. The molecule has 0 unspecified atom stereocenters. The highest BCUT2D eigenvalue weighted by Crippen LogP contribution is 2.08. The van der Waals surface area contributed by atoms with Crippen molar-refractivity contribution in [3.63, 3.8) is 0 Å². The maximum atomic E-state index is 12.7. The number of nitrogens with zero attached hydrogens (tertiary/aromatic N) is 1. The Morgan fingerprint density at radius 1 is 1.35 bits per heavy atom. The molecule has 0 saturated heterocycles. The van der Waals surface area contributed by atoms with Gasteiger partial charge < -0.3 is 10.0 Å². The van der Waals surface area contributed by atoms with Crippen LogP contribution in [0.25, 0.3) is 0 Å². The van der Waals surface area contributed by atoms with Crippen LogP contribution in [-0.4, -0.2) is 35.1 Å². The van der Waals surface area contributed by atoms with Gasteiger partial charge in [-0.3, -0.25) is 4.79 Å². The Kier molecular flexibility index (Phi) is 4.23. The van der Waals surface area contributed by atoms with Gasteiger partial charge in [-0.05, 0) is 38.0 Å². The first-order valence-corrected chi connectivity index (χ1v) is 5.53. The SMILES string of the molecule is CN(CCc1ccc(F)cc1)C(=O)C(C)(C)O. The summed E-state index contributed by atoms with van der Waals surface area (Å²) in [6.07, 6.45) is 0.638. The van der Waals surface area contributed by atoms with E-state index >= 15 is 0 Å². The van der Waals surface area contributed by atoms with E-state index in [2.05, 4.69) is 0 Å². The smallest absolute Gasteiger partial charge is 0.253 e. The Hall–Kier alpha value is -1.42. The molecule has 0 aliphatic rings. The zero-order valence-corrected chi connectivity index (χ0v) is 10.4. The van der Waals surface area contributed by atoms with Crippen LogP contribution in [0, 0.1) is 5.82 Å². The van der Waals surface area contributed by atoms with Crippen LogP contribution in [0.4, 0.5) is 4.39 Å². The van der Waals surface area contributed by atoms with E-state index in [1.807, 2.05) is 0 Å². The highest BCUT2D eigenvalue weighted by atomic mass is 19.1. The van der Waals surface area contributed by atoms with E-state index in [0.29, 0.717) is 13.0 Å². The van der Waals surface area contributed by atoms with E-state index in [9.17, 15) is 14.3 Å². The molecule has 1 rings (SSSR count). The fourth-order valence-corrected chi connectivity index (χ4v) is 1.52. The summed E-state index contributed by atoms with van der Waals surface area (Å²) >= 11 is 0. The fourth-order valence-electron chi connectivity index (χ4n) is 1.52. The third-order valence-corrected chi connectivity index (χ3v) is 2.52. The summed E-state index contributed by atoms with van der Waals surface area (Å²) in [5.74, 6) is -0.589. The number of carbonyl (C=O) groups is 1. The first-order valence-electron chi connectivity index (χ1n) is 5.53. The minimum absolute atomic E-state index is 0.269. The molecule has 1 amide bonds. The van der Waals surface area contributed by atoms with Crippen LogP contribution in [-0.2, 0) is 11.2 Å². The van der Waals surface area contributed by atoms with Gasteiger partial charge in [0.15, 0.2) is 0 Å². The van der Waals surface area contributed by atoms with Crippen molar-refractivity contribution in [3.05, 3.63) is 35.6 Å². The Morgan fingerprint density at radius 2 is 1.88 bits per heavy atom. The molecular formula is C13H18FNO2. The second-order valence-electron chi connectivity index (χ2n) is 4.66. The topological polar surface area (TPSA) is 40.5 Å². The van der Waals surface area contributed by atoms with E-state index in [4.69, 9.17) is 0 Å². The van der Waals surface area contributed by atoms with Gasteiger partial charge >= 0.3 is 0 Å². The lowest BCUT2D eigenvalue weighted by atomic mass is 10.1. The summed E-state index contributed by atoms with van der Waals surface area (Å²) in [7, 11) is 1.64. The van der Waals surface area contributed by atoms with Crippen molar-refractivity contribution in [2.45, 2.75) is 25.9 Å². The molecule has 0 aromatic heterocycles. The molecule has 3 nitrogen and oxygen atoms in total. The number of carbonyl (C=O) groups excluding carboxylic acids is 1. The number of halogens is 1. The molecule has 0 fully saturated rings. The molecule has 94 valence electrons. The van der Waals surface area contributed by atoms with Gasteiger partial charge in [-0.25, -0.2) is 4.39 Å². The van der Waals surface area contributed by atoms with Crippen LogP contribution >= 0.6 is 0 Å². The summed E-state index contributed by atoms with van der Waals surface area (Å²) < 4.78 is 12.7. The molecular weight excluding hydrogens is 221 g/mol. The number of hydrogen-bond donors (Lipinski definition) is 1. The Labute approximate surface area is 101 Å². The summed E-state index contributed by atoms with van der Waals surface area (Å²) in [5.41, 5.74) is -0.390. The van der Waals surface area contributed by atoms with Crippen molar-refractivity contribution >= 4 is 5.91 Å². The second kappa shape index (κ2) is 5.27.